The minimum atomic E-state index is -0.373. The second-order valence-corrected chi connectivity index (χ2v) is 4.70. The zero-order valence-corrected chi connectivity index (χ0v) is 11.3. The number of nitrogens with one attached hydrogen (secondary N) is 1. The van der Waals surface area contributed by atoms with Crippen molar-refractivity contribution in [1.29, 1.82) is 0 Å². The summed E-state index contributed by atoms with van der Waals surface area (Å²) in [6.07, 6.45) is 4.89. The average molecular weight is 280 g/mol. The van der Waals surface area contributed by atoms with Crippen molar-refractivity contribution in [2.24, 2.45) is 0 Å². The molecule has 2 rings (SSSR count). The van der Waals surface area contributed by atoms with Gasteiger partial charge in [-0.2, -0.15) is 0 Å². The molecule has 1 aromatic rings. The summed E-state index contributed by atoms with van der Waals surface area (Å²) in [4.78, 5) is 14.5. The Hall–Kier alpha value is -1.66. The summed E-state index contributed by atoms with van der Waals surface area (Å²) >= 11 is 5.02. The summed E-state index contributed by atoms with van der Waals surface area (Å²) in [6, 6.07) is 0. The minimum absolute atomic E-state index is 0.118. The van der Waals surface area contributed by atoms with Gasteiger partial charge in [0.2, 0.25) is 5.88 Å². The molecule has 2 N–H and O–H groups in total. The molecule has 1 saturated heterocycles. The number of nitrogens with zero attached hydrogens (tertiary/aromatic N) is 1. The third-order valence-corrected chi connectivity index (χ3v) is 3.32. The van der Waals surface area contributed by atoms with Gasteiger partial charge in [0.25, 0.3) is 5.56 Å². The highest BCUT2D eigenvalue weighted by Gasteiger charge is 2.12. The van der Waals surface area contributed by atoms with Gasteiger partial charge < -0.3 is 9.84 Å². The highest BCUT2D eigenvalue weighted by Crippen LogP contribution is 2.21. The van der Waals surface area contributed by atoms with Crippen molar-refractivity contribution in [1.82, 2.24) is 9.55 Å². The van der Waals surface area contributed by atoms with Gasteiger partial charge in [0, 0.05) is 6.54 Å². The fourth-order valence-electron chi connectivity index (χ4n) is 1.99. The number of rotatable bonds is 3. The van der Waals surface area contributed by atoms with E-state index >= 15 is 0 Å². The SMILES string of the molecule is C=CCn1c(O)c(C=C2CCOCC2)c(=O)[nH]c1=S. The summed E-state index contributed by atoms with van der Waals surface area (Å²) < 4.78 is 6.89. The molecule has 1 aliphatic heterocycles. The molecule has 0 radical (unpaired) electrons. The number of hydrogen-bond donors (Lipinski definition) is 2. The van der Waals surface area contributed by atoms with E-state index in [0.29, 0.717) is 19.8 Å². The van der Waals surface area contributed by atoms with Crippen LogP contribution in [-0.4, -0.2) is 27.9 Å². The van der Waals surface area contributed by atoms with Crippen LogP contribution in [0.5, 0.6) is 5.88 Å². The molecule has 1 aromatic heterocycles. The zero-order valence-electron chi connectivity index (χ0n) is 10.5. The number of ether oxygens (including phenoxy) is 1. The van der Waals surface area contributed by atoms with Gasteiger partial charge in [-0.3, -0.25) is 14.3 Å². The molecular formula is C13H16N2O3S. The van der Waals surface area contributed by atoms with Gasteiger partial charge in [-0.15, -0.1) is 6.58 Å². The normalized spacial score (nSPS) is 15.3. The van der Waals surface area contributed by atoms with Crippen LogP contribution in [0.3, 0.4) is 0 Å². The lowest BCUT2D eigenvalue weighted by atomic mass is 10.1. The molecule has 0 unspecified atom stereocenters. The lowest BCUT2D eigenvalue weighted by molar-refractivity contribution is 0.119. The van der Waals surface area contributed by atoms with Gasteiger partial charge in [0.05, 0.1) is 18.8 Å². The van der Waals surface area contributed by atoms with Crippen LogP contribution in [0.15, 0.2) is 23.0 Å². The van der Waals surface area contributed by atoms with E-state index in [1.807, 2.05) is 0 Å². The van der Waals surface area contributed by atoms with Crippen molar-refractivity contribution in [3.63, 3.8) is 0 Å². The molecule has 0 bridgehead atoms. The molecule has 0 aromatic carbocycles. The van der Waals surface area contributed by atoms with Crippen molar-refractivity contribution in [2.75, 3.05) is 13.2 Å². The van der Waals surface area contributed by atoms with Gasteiger partial charge in [-0.05, 0) is 31.1 Å². The first kappa shape index (κ1) is 13.8. The predicted octanol–water partition coefficient (Wildman–Crippen LogP) is 1.99. The zero-order chi connectivity index (χ0) is 13.8. The summed E-state index contributed by atoms with van der Waals surface area (Å²) in [7, 11) is 0. The van der Waals surface area contributed by atoms with Crippen molar-refractivity contribution in [2.45, 2.75) is 19.4 Å². The van der Waals surface area contributed by atoms with E-state index in [0.717, 1.165) is 18.4 Å². The highest BCUT2D eigenvalue weighted by atomic mass is 32.1. The Morgan fingerprint density at radius 3 is 2.79 bits per heavy atom. The van der Waals surface area contributed by atoms with Crippen LogP contribution in [0.2, 0.25) is 0 Å². The lowest BCUT2D eigenvalue weighted by Crippen LogP contribution is -2.17. The average Bonchev–Trinajstić information content (AvgIpc) is 2.41. The Labute approximate surface area is 115 Å². The van der Waals surface area contributed by atoms with E-state index in [1.54, 1.807) is 12.2 Å². The summed E-state index contributed by atoms with van der Waals surface area (Å²) in [5, 5.41) is 10.2. The Kier molecular flexibility index (Phi) is 4.34. The molecule has 0 aliphatic carbocycles. The molecule has 1 fully saturated rings. The Morgan fingerprint density at radius 1 is 1.47 bits per heavy atom. The van der Waals surface area contributed by atoms with Crippen molar-refractivity contribution in [3.8, 4) is 5.88 Å². The van der Waals surface area contributed by atoms with Crippen LogP contribution in [0, 0.1) is 4.77 Å². The fourth-order valence-corrected chi connectivity index (χ4v) is 2.24. The van der Waals surface area contributed by atoms with Crippen LogP contribution in [0.1, 0.15) is 18.4 Å². The van der Waals surface area contributed by atoms with Gasteiger partial charge in [0.15, 0.2) is 4.77 Å². The maximum atomic E-state index is 11.9. The summed E-state index contributed by atoms with van der Waals surface area (Å²) in [6.45, 7) is 5.25. The van der Waals surface area contributed by atoms with E-state index < -0.39 is 0 Å². The van der Waals surface area contributed by atoms with E-state index in [2.05, 4.69) is 11.6 Å². The van der Waals surface area contributed by atoms with E-state index in [9.17, 15) is 9.90 Å². The van der Waals surface area contributed by atoms with E-state index in [4.69, 9.17) is 17.0 Å². The quantitative estimate of drug-likeness (QED) is 0.656. The third-order valence-electron chi connectivity index (χ3n) is 3.00. The van der Waals surface area contributed by atoms with Gasteiger partial charge in [0.1, 0.15) is 0 Å². The minimum Gasteiger partial charge on any atom is -0.494 e. The summed E-state index contributed by atoms with van der Waals surface area (Å²) in [5.41, 5.74) is 0.962. The maximum absolute atomic E-state index is 11.9. The van der Waals surface area contributed by atoms with Crippen molar-refractivity contribution >= 4 is 18.3 Å². The molecule has 5 nitrogen and oxygen atoms in total. The van der Waals surface area contributed by atoms with Crippen LogP contribution in [0.25, 0.3) is 6.08 Å². The Morgan fingerprint density at radius 2 is 2.16 bits per heavy atom. The summed E-state index contributed by atoms with van der Waals surface area (Å²) in [5.74, 6) is -0.118. The molecule has 2 heterocycles. The van der Waals surface area contributed by atoms with Crippen LogP contribution < -0.4 is 5.56 Å². The fraction of sp³-hybridized carbons (Fsp3) is 0.385. The standard InChI is InChI=1S/C13H16N2O3S/c1-2-5-15-12(17)10(11(16)14-13(15)19)8-9-3-6-18-7-4-9/h2,8,17H,1,3-7H2,(H,14,16,19). The third kappa shape index (κ3) is 3.02. The number of aromatic hydroxyl groups is 1. The number of aromatic amines is 1. The first-order chi connectivity index (χ1) is 9.13. The second kappa shape index (κ2) is 5.99. The second-order valence-electron chi connectivity index (χ2n) is 4.31. The van der Waals surface area contributed by atoms with Crippen LogP contribution in [0.4, 0.5) is 0 Å². The topological polar surface area (TPSA) is 67.2 Å². The van der Waals surface area contributed by atoms with Gasteiger partial charge in [-0.25, -0.2) is 0 Å². The van der Waals surface area contributed by atoms with Crippen LogP contribution in [-0.2, 0) is 11.3 Å². The first-order valence-electron chi connectivity index (χ1n) is 6.07. The number of aromatic nitrogens is 2. The molecule has 0 saturated carbocycles. The monoisotopic (exact) mass is 280 g/mol. The highest BCUT2D eigenvalue weighted by molar-refractivity contribution is 7.71. The predicted molar refractivity (Wildman–Crippen MR) is 75.8 cm³/mol. The van der Waals surface area contributed by atoms with Gasteiger partial charge >= 0.3 is 0 Å². The van der Waals surface area contributed by atoms with Crippen molar-refractivity contribution in [3.05, 3.63) is 38.9 Å². The van der Waals surface area contributed by atoms with Crippen molar-refractivity contribution < 1.29 is 9.84 Å². The number of hydrogen-bond acceptors (Lipinski definition) is 4. The number of H-pyrrole nitrogens is 1. The molecule has 6 heteroatoms. The molecule has 0 spiro atoms. The molecule has 1 aliphatic rings. The maximum Gasteiger partial charge on any atom is 0.262 e. The molecule has 0 amide bonds. The largest absolute Gasteiger partial charge is 0.494 e. The van der Waals surface area contributed by atoms with Crippen LogP contribution >= 0.6 is 12.2 Å². The Bertz CT molecular complexity index is 620. The first-order valence-corrected chi connectivity index (χ1v) is 6.48. The lowest BCUT2D eigenvalue weighted by Gasteiger charge is -2.15. The smallest absolute Gasteiger partial charge is 0.262 e. The number of allylic oxidation sites excluding steroid dienone is 1. The van der Waals surface area contributed by atoms with E-state index in [-0.39, 0.29) is 21.8 Å². The van der Waals surface area contributed by atoms with Gasteiger partial charge in [-0.1, -0.05) is 11.6 Å². The Balaban J connectivity index is 2.50. The molecule has 19 heavy (non-hydrogen) atoms. The molecule has 0 atom stereocenters. The molecular weight excluding hydrogens is 264 g/mol. The molecule has 102 valence electrons. The van der Waals surface area contributed by atoms with E-state index in [1.165, 1.54) is 4.57 Å².